The molecule has 0 aliphatic heterocycles. The van der Waals surface area contributed by atoms with Crippen LogP contribution in [0.3, 0.4) is 0 Å². The second-order valence-corrected chi connectivity index (χ2v) is 5.51. The highest BCUT2D eigenvalue weighted by atomic mass is 79.9. The first-order valence-corrected chi connectivity index (χ1v) is 7.50. The van der Waals surface area contributed by atoms with Gasteiger partial charge in [0.05, 0.1) is 0 Å². The molecule has 1 heterocycles. The molecule has 0 bridgehead atoms. The maximum atomic E-state index is 12.1. The van der Waals surface area contributed by atoms with Crippen molar-refractivity contribution in [2.24, 2.45) is 0 Å². The van der Waals surface area contributed by atoms with E-state index in [1.807, 2.05) is 31.2 Å². The fourth-order valence-electron chi connectivity index (χ4n) is 1.86. The van der Waals surface area contributed by atoms with E-state index in [2.05, 4.69) is 26.3 Å². The summed E-state index contributed by atoms with van der Waals surface area (Å²) in [6.07, 6.45) is 0.788. The van der Waals surface area contributed by atoms with Crippen molar-refractivity contribution in [1.82, 2.24) is 15.1 Å². The third-order valence-electron chi connectivity index (χ3n) is 2.88. The third-order valence-corrected chi connectivity index (χ3v) is 3.37. The summed E-state index contributed by atoms with van der Waals surface area (Å²) >= 11 is 3.39. The second kappa shape index (κ2) is 7.17. The molecule has 1 aromatic carbocycles. The maximum Gasteiger partial charge on any atom is 0.271 e. The zero-order valence-corrected chi connectivity index (χ0v) is 13.3. The van der Waals surface area contributed by atoms with Crippen LogP contribution in [0.4, 0.5) is 0 Å². The van der Waals surface area contributed by atoms with Crippen molar-refractivity contribution in [3.05, 3.63) is 62.5 Å². The highest BCUT2D eigenvalue weighted by molar-refractivity contribution is 9.10. The number of hydrogen-bond acceptors (Lipinski definition) is 3. The Hall–Kier alpha value is -1.95. The molecule has 0 aliphatic carbocycles. The molecule has 0 radical (unpaired) electrons. The quantitative estimate of drug-likeness (QED) is 0.900. The topological polar surface area (TPSA) is 64.0 Å². The molecular formula is C15H16BrN3O2. The van der Waals surface area contributed by atoms with Gasteiger partial charge >= 0.3 is 0 Å². The lowest BCUT2D eigenvalue weighted by molar-refractivity contribution is 0.0943. The van der Waals surface area contributed by atoms with E-state index in [4.69, 9.17) is 0 Å². The van der Waals surface area contributed by atoms with Crippen molar-refractivity contribution in [3.63, 3.8) is 0 Å². The lowest BCUT2D eigenvalue weighted by atomic mass is 10.2. The molecular weight excluding hydrogens is 334 g/mol. The number of rotatable bonds is 5. The molecule has 0 unspecified atom stereocenters. The summed E-state index contributed by atoms with van der Waals surface area (Å²) < 4.78 is 2.28. The molecule has 0 atom stereocenters. The van der Waals surface area contributed by atoms with E-state index < -0.39 is 0 Å². The van der Waals surface area contributed by atoms with E-state index in [-0.39, 0.29) is 17.2 Å². The average molecular weight is 350 g/mol. The fraction of sp³-hybridized carbons (Fsp3) is 0.267. The highest BCUT2D eigenvalue weighted by Crippen LogP contribution is 2.11. The molecule has 0 spiro atoms. The van der Waals surface area contributed by atoms with E-state index in [1.165, 1.54) is 16.8 Å². The maximum absolute atomic E-state index is 12.1. The molecule has 0 saturated carbocycles. The summed E-state index contributed by atoms with van der Waals surface area (Å²) in [5.41, 5.74) is 1.04. The van der Waals surface area contributed by atoms with E-state index in [0.29, 0.717) is 13.1 Å². The molecule has 2 rings (SSSR count). The van der Waals surface area contributed by atoms with Crippen LogP contribution in [0.15, 0.2) is 45.7 Å². The average Bonchev–Trinajstić information content (AvgIpc) is 2.47. The van der Waals surface area contributed by atoms with Crippen LogP contribution in [0.25, 0.3) is 0 Å². The summed E-state index contributed by atoms with van der Waals surface area (Å²) in [5.74, 6) is -0.292. The van der Waals surface area contributed by atoms with Crippen molar-refractivity contribution >= 4 is 21.8 Å². The molecule has 1 amide bonds. The number of aromatic nitrogens is 2. The lowest BCUT2D eigenvalue weighted by Crippen LogP contribution is -2.29. The minimum Gasteiger partial charge on any atom is -0.347 e. The molecule has 1 N–H and O–H groups in total. The number of carbonyl (C=O) groups excluding carboxylic acids is 1. The fourth-order valence-corrected chi connectivity index (χ4v) is 2.31. The van der Waals surface area contributed by atoms with Gasteiger partial charge in [0, 0.05) is 23.6 Å². The van der Waals surface area contributed by atoms with Crippen LogP contribution in [-0.2, 0) is 13.1 Å². The molecule has 0 saturated heterocycles. The number of nitrogens with one attached hydrogen (secondary N) is 1. The van der Waals surface area contributed by atoms with Crippen molar-refractivity contribution < 1.29 is 4.79 Å². The van der Waals surface area contributed by atoms with Crippen LogP contribution in [0.2, 0.25) is 0 Å². The second-order valence-electron chi connectivity index (χ2n) is 4.59. The Kier molecular flexibility index (Phi) is 5.27. The normalized spacial score (nSPS) is 10.4. The summed E-state index contributed by atoms with van der Waals surface area (Å²) in [5, 5.41) is 6.87. The van der Waals surface area contributed by atoms with Crippen molar-refractivity contribution in [1.29, 1.82) is 0 Å². The molecule has 0 aliphatic rings. The largest absolute Gasteiger partial charge is 0.347 e. The van der Waals surface area contributed by atoms with E-state index in [0.717, 1.165) is 16.5 Å². The van der Waals surface area contributed by atoms with Crippen LogP contribution in [0.1, 0.15) is 29.4 Å². The number of halogens is 1. The smallest absolute Gasteiger partial charge is 0.271 e. The zero-order chi connectivity index (χ0) is 15.2. The Morgan fingerprint density at radius 3 is 2.86 bits per heavy atom. The minimum atomic E-state index is -0.292. The van der Waals surface area contributed by atoms with Gasteiger partial charge in [-0.3, -0.25) is 9.59 Å². The van der Waals surface area contributed by atoms with Crippen LogP contribution in [-0.4, -0.2) is 15.7 Å². The summed E-state index contributed by atoms with van der Waals surface area (Å²) in [4.78, 5) is 23.6. The SMILES string of the molecule is CCCn1nc(C(=O)NCc2cccc(Br)c2)ccc1=O. The molecule has 2 aromatic rings. The number of amides is 1. The Labute approximate surface area is 131 Å². The zero-order valence-electron chi connectivity index (χ0n) is 11.7. The predicted molar refractivity (Wildman–Crippen MR) is 84.1 cm³/mol. The Morgan fingerprint density at radius 2 is 2.14 bits per heavy atom. The van der Waals surface area contributed by atoms with E-state index >= 15 is 0 Å². The molecule has 110 valence electrons. The number of hydrogen-bond donors (Lipinski definition) is 1. The van der Waals surface area contributed by atoms with Gasteiger partial charge in [0.2, 0.25) is 0 Å². The standard InChI is InChI=1S/C15H16BrN3O2/c1-2-8-19-14(20)7-6-13(18-19)15(21)17-10-11-4-3-5-12(16)9-11/h3-7,9H,2,8,10H2,1H3,(H,17,21). The monoisotopic (exact) mass is 349 g/mol. The van der Waals surface area contributed by atoms with E-state index in [9.17, 15) is 9.59 Å². The number of carbonyl (C=O) groups is 1. The minimum absolute atomic E-state index is 0.194. The van der Waals surface area contributed by atoms with Gasteiger partial charge in [-0.25, -0.2) is 4.68 Å². The van der Waals surface area contributed by atoms with Crippen LogP contribution in [0.5, 0.6) is 0 Å². The van der Waals surface area contributed by atoms with Gasteiger partial charge in [0.25, 0.3) is 11.5 Å². The van der Waals surface area contributed by atoms with Crippen molar-refractivity contribution in [3.8, 4) is 0 Å². The first-order valence-electron chi connectivity index (χ1n) is 6.71. The van der Waals surface area contributed by atoms with E-state index in [1.54, 1.807) is 0 Å². The molecule has 0 fully saturated rings. The van der Waals surface area contributed by atoms with Gasteiger partial charge in [0.15, 0.2) is 0 Å². The van der Waals surface area contributed by atoms with Crippen LogP contribution in [0, 0.1) is 0 Å². The van der Waals surface area contributed by atoms with Gasteiger partial charge < -0.3 is 5.32 Å². The summed E-state index contributed by atoms with van der Waals surface area (Å²) in [7, 11) is 0. The van der Waals surface area contributed by atoms with Gasteiger partial charge in [-0.2, -0.15) is 5.10 Å². The molecule has 6 heteroatoms. The van der Waals surface area contributed by atoms with Gasteiger partial charge in [-0.1, -0.05) is 35.0 Å². The van der Waals surface area contributed by atoms with Crippen LogP contribution < -0.4 is 10.9 Å². The summed E-state index contributed by atoms with van der Waals surface area (Å²) in [6.45, 7) is 2.87. The Bertz CT molecular complexity index is 697. The first-order chi connectivity index (χ1) is 10.1. The van der Waals surface area contributed by atoms with Gasteiger partial charge in [0.1, 0.15) is 5.69 Å². The highest BCUT2D eigenvalue weighted by Gasteiger charge is 2.09. The molecule has 5 nitrogen and oxygen atoms in total. The third kappa shape index (κ3) is 4.26. The van der Waals surface area contributed by atoms with Gasteiger partial charge in [-0.15, -0.1) is 0 Å². The predicted octanol–water partition coefficient (Wildman–Crippen LogP) is 2.35. The van der Waals surface area contributed by atoms with Crippen molar-refractivity contribution in [2.75, 3.05) is 0 Å². The lowest BCUT2D eigenvalue weighted by Gasteiger charge is -2.07. The van der Waals surface area contributed by atoms with Crippen LogP contribution >= 0.6 is 15.9 Å². The first kappa shape index (κ1) is 15.4. The number of nitrogens with zero attached hydrogens (tertiary/aromatic N) is 2. The number of benzene rings is 1. The molecule has 1 aromatic heterocycles. The Morgan fingerprint density at radius 1 is 1.33 bits per heavy atom. The Balaban J connectivity index is 2.06. The molecule has 21 heavy (non-hydrogen) atoms. The number of aryl methyl sites for hydroxylation is 1. The summed E-state index contributed by atoms with van der Waals surface area (Å²) in [6, 6.07) is 10.5. The van der Waals surface area contributed by atoms with Crippen molar-refractivity contribution in [2.45, 2.75) is 26.4 Å². The van der Waals surface area contributed by atoms with Gasteiger partial charge in [-0.05, 0) is 30.2 Å².